The highest BCUT2D eigenvalue weighted by Crippen LogP contribution is 2.27. The number of ether oxygens (including phenoxy) is 1. The van der Waals surface area contributed by atoms with Crippen LogP contribution in [0.15, 0.2) is 27.2 Å². The summed E-state index contributed by atoms with van der Waals surface area (Å²) in [5.41, 5.74) is 0.632. The Labute approximate surface area is 88.2 Å². The van der Waals surface area contributed by atoms with E-state index >= 15 is 0 Å². The van der Waals surface area contributed by atoms with Gasteiger partial charge in [-0.3, -0.25) is 0 Å². The van der Waals surface area contributed by atoms with Crippen LogP contribution in [0.1, 0.15) is 0 Å². The van der Waals surface area contributed by atoms with Crippen LogP contribution in [0.4, 0.5) is 0 Å². The minimum atomic E-state index is -0.0301. The Bertz CT molecular complexity index is 501. The van der Waals surface area contributed by atoms with Gasteiger partial charge in [-0.2, -0.15) is 5.26 Å². The molecular weight excluding hydrogens is 248 g/mol. The Hall–Kier alpha value is -1.54. The first-order chi connectivity index (χ1) is 6.81. The first kappa shape index (κ1) is 9.03. The van der Waals surface area contributed by atoms with E-state index in [2.05, 4.69) is 21.1 Å². The zero-order valence-electron chi connectivity index (χ0n) is 7.03. The molecule has 0 amide bonds. The molecule has 0 bridgehead atoms. The van der Waals surface area contributed by atoms with Gasteiger partial charge in [-0.1, -0.05) is 15.9 Å². The number of hydrogen-bond donors (Lipinski definition) is 0. The molecule has 0 unspecified atom stereocenters. The summed E-state index contributed by atoms with van der Waals surface area (Å²) >= 11 is 3.31. The smallest absolute Gasteiger partial charge is 0.263 e. The molecule has 1 heterocycles. The Morgan fingerprint density at radius 2 is 2.43 bits per heavy atom. The zero-order chi connectivity index (χ0) is 9.97. The van der Waals surface area contributed by atoms with Crippen molar-refractivity contribution in [3.63, 3.8) is 0 Å². The van der Waals surface area contributed by atoms with Gasteiger partial charge in [-0.25, -0.2) is 0 Å². The fraction of sp³-hybridized carbons (Fsp3) is 0.111. The predicted octanol–water partition coefficient (Wildman–Crippen LogP) is 2.49. The van der Waals surface area contributed by atoms with Gasteiger partial charge in [0, 0.05) is 4.47 Å². The fourth-order valence-corrected chi connectivity index (χ4v) is 1.43. The number of aromatic nitrogens is 1. The molecule has 5 heteroatoms. The molecular formula is C9H5BrN2O2. The predicted molar refractivity (Wildman–Crippen MR) is 52.8 cm³/mol. The van der Waals surface area contributed by atoms with Crippen LogP contribution in [-0.4, -0.2) is 11.8 Å². The maximum Gasteiger partial charge on any atom is 0.263 e. The van der Waals surface area contributed by atoms with Gasteiger partial charge in [-0.05, 0) is 23.4 Å². The molecule has 1 aromatic heterocycles. The van der Waals surface area contributed by atoms with Crippen molar-refractivity contribution in [3.8, 4) is 11.9 Å². The summed E-state index contributed by atoms with van der Waals surface area (Å²) in [6, 6.07) is 7.34. The third kappa shape index (κ3) is 1.56. The standard InChI is InChI=1S/C9H5BrN2O2/c10-6-1-2-7-8(5-6)14-12-9(7)13-4-3-11/h1-2,5H,4H2. The summed E-state index contributed by atoms with van der Waals surface area (Å²) in [6.07, 6.45) is 0. The molecule has 0 N–H and O–H groups in total. The van der Waals surface area contributed by atoms with E-state index in [9.17, 15) is 0 Å². The normalized spacial score (nSPS) is 10.0. The fourth-order valence-electron chi connectivity index (χ4n) is 1.09. The van der Waals surface area contributed by atoms with Gasteiger partial charge in [0.1, 0.15) is 6.07 Å². The lowest BCUT2D eigenvalue weighted by Gasteiger charge is -1.94. The van der Waals surface area contributed by atoms with Gasteiger partial charge in [0.2, 0.25) is 0 Å². The van der Waals surface area contributed by atoms with Crippen LogP contribution >= 0.6 is 15.9 Å². The number of halogens is 1. The van der Waals surface area contributed by atoms with Crippen molar-refractivity contribution in [2.24, 2.45) is 0 Å². The highest BCUT2D eigenvalue weighted by atomic mass is 79.9. The molecule has 0 fully saturated rings. The van der Waals surface area contributed by atoms with Crippen LogP contribution in [-0.2, 0) is 0 Å². The molecule has 0 radical (unpaired) electrons. The highest BCUT2D eigenvalue weighted by Gasteiger charge is 2.08. The molecule has 1 aromatic carbocycles. The number of nitrogens with zero attached hydrogens (tertiary/aromatic N) is 2. The van der Waals surface area contributed by atoms with Crippen LogP contribution in [0.3, 0.4) is 0 Å². The Kier molecular flexibility index (Phi) is 2.37. The van der Waals surface area contributed by atoms with E-state index in [-0.39, 0.29) is 6.61 Å². The maximum atomic E-state index is 8.34. The van der Waals surface area contributed by atoms with Crippen molar-refractivity contribution >= 4 is 26.9 Å². The number of fused-ring (bicyclic) bond motifs is 1. The molecule has 0 saturated heterocycles. The molecule has 70 valence electrons. The minimum absolute atomic E-state index is 0.0301. The van der Waals surface area contributed by atoms with Crippen LogP contribution in [0.2, 0.25) is 0 Å². The van der Waals surface area contributed by atoms with Crippen LogP contribution in [0.5, 0.6) is 5.88 Å². The van der Waals surface area contributed by atoms with Crippen LogP contribution in [0, 0.1) is 11.3 Å². The summed E-state index contributed by atoms with van der Waals surface area (Å²) in [6.45, 7) is -0.0301. The first-order valence-electron chi connectivity index (χ1n) is 3.86. The van der Waals surface area contributed by atoms with Crippen molar-refractivity contribution in [3.05, 3.63) is 22.7 Å². The third-order valence-corrected chi connectivity index (χ3v) is 2.17. The van der Waals surface area contributed by atoms with Gasteiger partial charge < -0.3 is 9.26 Å². The van der Waals surface area contributed by atoms with E-state index in [0.29, 0.717) is 11.5 Å². The lowest BCUT2D eigenvalue weighted by Crippen LogP contribution is -1.93. The maximum absolute atomic E-state index is 8.34. The largest absolute Gasteiger partial charge is 0.460 e. The van der Waals surface area contributed by atoms with E-state index < -0.39 is 0 Å². The number of nitriles is 1. The zero-order valence-corrected chi connectivity index (χ0v) is 8.61. The Morgan fingerprint density at radius 3 is 3.21 bits per heavy atom. The summed E-state index contributed by atoms with van der Waals surface area (Å²) in [7, 11) is 0. The topological polar surface area (TPSA) is 59.0 Å². The van der Waals surface area contributed by atoms with Gasteiger partial charge in [0.25, 0.3) is 5.88 Å². The van der Waals surface area contributed by atoms with Gasteiger partial charge in [-0.15, -0.1) is 0 Å². The molecule has 14 heavy (non-hydrogen) atoms. The van der Waals surface area contributed by atoms with Gasteiger partial charge in [0.15, 0.2) is 12.2 Å². The second-order valence-corrected chi connectivity index (χ2v) is 3.49. The van der Waals surface area contributed by atoms with Gasteiger partial charge in [0.05, 0.1) is 5.39 Å². The lowest BCUT2D eigenvalue weighted by atomic mass is 10.3. The molecule has 0 aliphatic heterocycles. The summed E-state index contributed by atoms with van der Waals surface area (Å²) in [4.78, 5) is 0. The SMILES string of the molecule is N#CCOc1noc2cc(Br)ccc12. The van der Waals surface area contributed by atoms with E-state index in [0.717, 1.165) is 9.86 Å². The number of hydrogen-bond acceptors (Lipinski definition) is 4. The molecule has 0 spiro atoms. The molecule has 0 aliphatic carbocycles. The average molecular weight is 253 g/mol. The molecule has 4 nitrogen and oxygen atoms in total. The lowest BCUT2D eigenvalue weighted by molar-refractivity contribution is 0.321. The van der Waals surface area contributed by atoms with E-state index in [1.54, 1.807) is 6.07 Å². The number of rotatable bonds is 2. The minimum Gasteiger partial charge on any atom is -0.460 e. The van der Waals surface area contributed by atoms with Crippen molar-refractivity contribution in [1.29, 1.82) is 5.26 Å². The summed E-state index contributed by atoms with van der Waals surface area (Å²) in [5, 5.41) is 12.8. The second-order valence-electron chi connectivity index (χ2n) is 2.57. The van der Waals surface area contributed by atoms with E-state index in [1.807, 2.05) is 18.2 Å². The van der Waals surface area contributed by atoms with Crippen molar-refractivity contribution in [1.82, 2.24) is 5.16 Å². The van der Waals surface area contributed by atoms with Gasteiger partial charge >= 0.3 is 0 Å². The molecule has 2 aromatic rings. The quantitative estimate of drug-likeness (QED) is 0.824. The third-order valence-electron chi connectivity index (χ3n) is 1.67. The Morgan fingerprint density at radius 1 is 1.57 bits per heavy atom. The highest BCUT2D eigenvalue weighted by molar-refractivity contribution is 9.10. The average Bonchev–Trinajstić information content (AvgIpc) is 2.57. The Balaban J connectivity index is 2.43. The van der Waals surface area contributed by atoms with Crippen molar-refractivity contribution in [2.45, 2.75) is 0 Å². The summed E-state index contributed by atoms with van der Waals surface area (Å²) in [5.74, 6) is 0.356. The van der Waals surface area contributed by atoms with E-state index in [4.69, 9.17) is 14.5 Å². The van der Waals surface area contributed by atoms with Crippen LogP contribution < -0.4 is 4.74 Å². The molecule has 0 aliphatic rings. The summed E-state index contributed by atoms with van der Waals surface area (Å²) < 4.78 is 11.0. The number of benzene rings is 1. The van der Waals surface area contributed by atoms with Crippen LogP contribution in [0.25, 0.3) is 11.0 Å². The van der Waals surface area contributed by atoms with Crippen molar-refractivity contribution < 1.29 is 9.26 Å². The second kappa shape index (κ2) is 3.68. The molecule has 2 rings (SSSR count). The van der Waals surface area contributed by atoms with E-state index in [1.165, 1.54) is 0 Å². The molecule has 0 saturated carbocycles. The molecule has 0 atom stereocenters. The monoisotopic (exact) mass is 252 g/mol. The first-order valence-corrected chi connectivity index (χ1v) is 4.65. The van der Waals surface area contributed by atoms with Crippen molar-refractivity contribution in [2.75, 3.05) is 6.61 Å².